The molecule has 0 heterocycles. The molecule has 0 aromatic heterocycles. The van der Waals surface area contributed by atoms with Crippen LogP contribution in [0.15, 0.2) is 24.3 Å². The summed E-state index contributed by atoms with van der Waals surface area (Å²) in [6.45, 7) is 0. The largest absolute Gasteiger partial charge is 0.326 e. The number of sulfonamides is 1. The third-order valence-electron chi connectivity index (χ3n) is 3.59. The van der Waals surface area contributed by atoms with Crippen molar-refractivity contribution in [3.8, 4) is 6.07 Å². The molecule has 1 saturated carbocycles. The van der Waals surface area contributed by atoms with Crippen LogP contribution in [0, 0.1) is 11.3 Å². The van der Waals surface area contributed by atoms with Crippen molar-refractivity contribution >= 4 is 10.0 Å². The van der Waals surface area contributed by atoms with Gasteiger partial charge < -0.3 is 5.73 Å². The monoisotopic (exact) mass is 293 g/mol. The Balaban J connectivity index is 2.01. The average molecular weight is 293 g/mol. The maximum absolute atomic E-state index is 12.1. The highest BCUT2D eigenvalue weighted by molar-refractivity contribution is 7.88. The van der Waals surface area contributed by atoms with Gasteiger partial charge in [0.1, 0.15) is 0 Å². The fourth-order valence-electron chi connectivity index (χ4n) is 2.47. The van der Waals surface area contributed by atoms with Crippen LogP contribution in [0.3, 0.4) is 0 Å². The number of hydrogen-bond acceptors (Lipinski definition) is 4. The number of nitriles is 1. The Morgan fingerprint density at radius 1 is 1.25 bits per heavy atom. The fourth-order valence-corrected chi connectivity index (χ4v) is 3.94. The molecule has 1 aromatic rings. The summed E-state index contributed by atoms with van der Waals surface area (Å²) in [5.74, 6) is -0.0814. The summed E-state index contributed by atoms with van der Waals surface area (Å²) < 4.78 is 27.0. The number of nitrogens with one attached hydrogen (secondary N) is 1. The first kappa shape index (κ1) is 15.0. The molecule has 0 amide bonds. The Hall–Kier alpha value is -1.42. The van der Waals surface area contributed by atoms with Gasteiger partial charge in [0, 0.05) is 12.1 Å². The molecule has 0 radical (unpaired) electrons. The van der Waals surface area contributed by atoms with Crippen molar-refractivity contribution in [1.82, 2.24) is 4.72 Å². The highest BCUT2D eigenvalue weighted by Crippen LogP contribution is 2.18. The second-order valence-electron chi connectivity index (χ2n) is 5.24. The fraction of sp³-hybridized carbons (Fsp3) is 0.500. The van der Waals surface area contributed by atoms with Crippen LogP contribution in [0.25, 0.3) is 0 Å². The van der Waals surface area contributed by atoms with Crippen molar-refractivity contribution in [2.75, 3.05) is 0 Å². The lowest BCUT2D eigenvalue weighted by Crippen LogP contribution is -2.49. The van der Waals surface area contributed by atoms with Gasteiger partial charge in [-0.25, -0.2) is 13.1 Å². The van der Waals surface area contributed by atoms with Crippen molar-refractivity contribution in [2.24, 2.45) is 5.73 Å². The summed E-state index contributed by atoms with van der Waals surface area (Å²) in [5, 5.41) is 8.71. The number of nitrogens with two attached hydrogens (primary N) is 1. The summed E-state index contributed by atoms with van der Waals surface area (Å²) in [6, 6.07) is 8.32. The highest BCUT2D eigenvalue weighted by atomic mass is 32.2. The molecule has 0 spiro atoms. The smallest absolute Gasteiger partial charge is 0.216 e. The van der Waals surface area contributed by atoms with Gasteiger partial charge in [-0.15, -0.1) is 0 Å². The molecule has 5 nitrogen and oxygen atoms in total. The molecule has 2 atom stereocenters. The lowest BCUT2D eigenvalue weighted by molar-refractivity contribution is 0.361. The van der Waals surface area contributed by atoms with E-state index in [4.69, 9.17) is 11.0 Å². The van der Waals surface area contributed by atoms with Crippen molar-refractivity contribution < 1.29 is 8.42 Å². The summed E-state index contributed by atoms with van der Waals surface area (Å²) in [7, 11) is -3.40. The van der Waals surface area contributed by atoms with E-state index in [9.17, 15) is 8.42 Å². The molecule has 1 aliphatic rings. The molecule has 1 aliphatic carbocycles. The van der Waals surface area contributed by atoms with Crippen molar-refractivity contribution in [3.63, 3.8) is 0 Å². The van der Waals surface area contributed by atoms with Gasteiger partial charge >= 0.3 is 0 Å². The Bertz CT molecular complexity index is 590. The molecule has 3 N–H and O–H groups in total. The van der Waals surface area contributed by atoms with Gasteiger partial charge in [-0.05, 0) is 30.5 Å². The zero-order valence-electron chi connectivity index (χ0n) is 11.2. The van der Waals surface area contributed by atoms with E-state index < -0.39 is 10.0 Å². The van der Waals surface area contributed by atoms with E-state index in [2.05, 4.69) is 4.72 Å². The van der Waals surface area contributed by atoms with Crippen LogP contribution in [0.5, 0.6) is 0 Å². The Labute approximate surface area is 119 Å². The molecule has 2 unspecified atom stereocenters. The minimum absolute atomic E-state index is 0.0814. The molecule has 0 bridgehead atoms. The molecule has 6 heteroatoms. The minimum Gasteiger partial charge on any atom is -0.326 e. The molecule has 108 valence electrons. The summed E-state index contributed by atoms with van der Waals surface area (Å²) in [5.41, 5.74) is 7.14. The van der Waals surface area contributed by atoms with E-state index in [1.807, 2.05) is 6.07 Å². The van der Waals surface area contributed by atoms with Gasteiger partial charge in [0.05, 0.1) is 17.4 Å². The van der Waals surface area contributed by atoms with Crippen LogP contribution >= 0.6 is 0 Å². The topological polar surface area (TPSA) is 96.0 Å². The molecular formula is C14H19N3O2S. The molecule has 1 fully saturated rings. The normalized spacial score (nSPS) is 23.2. The number of rotatable bonds is 4. The third-order valence-corrected chi connectivity index (χ3v) is 4.97. The van der Waals surface area contributed by atoms with E-state index in [0.717, 1.165) is 25.7 Å². The van der Waals surface area contributed by atoms with E-state index in [1.165, 1.54) is 0 Å². The maximum atomic E-state index is 12.1. The molecule has 1 aromatic carbocycles. The van der Waals surface area contributed by atoms with Crippen LogP contribution in [0.4, 0.5) is 0 Å². The first-order valence-corrected chi connectivity index (χ1v) is 8.40. The van der Waals surface area contributed by atoms with Crippen LogP contribution in [-0.2, 0) is 15.8 Å². The standard InChI is InChI=1S/C14H19N3O2S/c15-9-11-5-7-12(8-6-11)10-20(18,19)17-14-4-2-1-3-13(14)16/h5-8,13-14,17H,1-4,10,16H2. The number of benzene rings is 1. The second-order valence-corrected chi connectivity index (χ2v) is 6.99. The van der Waals surface area contributed by atoms with E-state index >= 15 is 0 Å². The van der Waals surface area contributed by atoms with E-state index in [-0.39, 0.29) is 17.8 Å². The predicted molar refractivity (Wildman–Crippen MR) is 77.1 cm³/mol. The van der Waals surface area contributed by atoms with E-state index in [1.54, 1.807) is 24.3 Å². The van der Waals surface area contributed by atoms with Crippen LogP contribution in [0.2, 0.25) is 0 Å². The van der Waals surface area contributed by atoms with Gasteiger partial charge in [-0.3, -0.25) is 0 Å². The lowest BCUT2D eigenvalue weighted by atomic mass is 9.92. The van der Waals surface area contributed by atoms with Crippen LogP contribution in [-0.4, -0.2) is 20.5 Å². The first-order chi connectivity index (χ1) is 9.50. The maximum Gasteiger partial charge on any atom is 0.216 e. The van der Waals surface area contributed by atoms with Crippen molar-refractivity contribution in [3.05, 3.63) is 35.4 Å². The van der Waals surface area contributed by atoms with Crippen molar-refractivity contribution in [1.29, 1.82) is 5.26 Å². The molecule has 0 aliphatic heterocycles. The SMILES string of the molecule is N#Cc1ccc(CS(=O)(=O)NC2CCCCC2N)cc1. The van der Waals surface area contributed by atoms with Gasteiger partial charge in [-0.2, -0.15) is 5.26 Å². The highest BCUT2D eigenvalue weighted by Gasteiger charge is 2.26. The zero-order chi connectivity index (χ0) is 14.6. The summed E-state index contributed by atoms with van der Waals surface area (Å²) in [6.07, 6.45) is 3.74. The quantitative estimate of drug-likeness (QED) is 0.873. The van der Waals surface area contributed by atoms with Gasteiger partial charge in [0.25, 0.3) is 0 Å². The molecular weight excluding hydrogens is 274 g/mol. The Kier molecular flexibility index (Phi) is 4.76. The van der Waals surface area contributed by atoms with E-state index in [0.29, 0.717) is 11.1 Å². The minimum atomic E-state index is -3.40. The summed E-state index contributed by atoms with van der Waals surface area (Å²) in [4.78, 5) is 0. The van der Waals surface area contributed by atoms with Crippen LogP contribution < -0.4 is 10.5 Å². The summed E-state index contributed by atoms with van der Waals surface area (Å²) >= 11 is 0. The number of hydrogen-bond donors (Lipinski definition) is 2. The lowest BCUT2D eigenvalue weighted by Gasteiger charge is -2.29. The zero-order valence-corrected chi connectivity index (χ0v) is 12.1. The molecule has 20 heavy (non-hydrogen) atoms. The number of nitrogens with zero attached hydrogens (tertiary/aromatic N) is 1. The van der Waals surface area contributed by atoms with Gasteiger partial charge in [0.15, 0.2) is 0 Å². The first-order valence-electron chi connectivity index (χ1n) is 6.75. The van der Waals surface area contributed by atoms with Gasteiger partial charge in [-0.1, -0.05) is 25.0 Å². The molecule has 2 rings (SSSR count). The Morgan fingerprint density at radius 2 is 1.90 bits per heavy atom. The Morgan fingerprint density at radius 3 is 2.50 bits per heavy atom. The predicted octanol–water partition coefficient (Wildman–Crippen LogP) is 1.25. The third kappa shape index (κ3) is 4.04. The van der Waals surface area contributed by atoms with Crippen molar-refractivity contribution in [2.45, 2.75) is 43.5 Å². The molecule has 0 saturated heterocycles. The average Bonchev–Trinajstić information content (AvgIpc) is 2.41. The van der Waals surface area contributed by atoms with Gasteiger partial charge in [0.2, 0.25) is 10.0 Å². The van der Waals surface area contributed by atoms with Crippen LogP contribution in [0.1, 0.15) is 36.8 Å². The second kappa shape index (κ2) is 6.35.